The zero-order valence-electron chi connectivity index (χ0n) is 21.5. The first kappa shape index (κ1) is 29.3. The Hall–Kier alpha value is -2.95. The molecule has 1 fully saturated rings. The number of thioether (sulfide) groups is 1. The molecule has 200 valence electrons. The molecule has 0 aromatic heterocycles. The van der Waals surface area contributed by atoms with E-state index in [1.54, 1.807) is 32.9 Å². The molecule has 0 saturated heterocycles. The van der Waals surface area contributed by atoms with Crippen LogP contribution in [0.4, 0.5) is 4.79 Å². The van der Waals surface area contributed by atoms with E-state index in [1.807, 2.05) is 6.26 Å². The molecule has 0 spiro atoms. The molecule has 1 saturated carbocycles. The summed E-state index contributed by atoms with van der Waals surface area (Å²) in [5.41, 5.74) is -0.360. The molecule has 11 heteroatoms. The van der Waals surface area contributed by atoms with Crippen LogP contribution >= 0.6 is 11.8 Å². The van der Waals surface area contributed by atoms with Gasteiger partial charge < -0.3 is 30.1 Å². The summed E-state index contributed by atoms with van der Waals surface area (Å²) in [6.07, 6.45) is 3.77. The number of hydrogen-bond donors (Lipinski definition) is 3. The third kappa shape index (κ3) is 8.61. The maximum atomic E-state index is 14.0. The van der Waals surface area contributed by atoms with Gasteiger partial charge in [-0.15, -0.1) is 0 Å². The Labute approximate surface area is 216 Å². The van der Waals surface area contributed by atoms with Crippen LogP contribution in [0.5, 0.6) is 5.75 Å². The zero-order valence-corrected chi connectivity index (χ0v) is 22.4. The second-order valence-corrected chi connectivity index (χ2v) is 10.6. The van der Waals surface area contributed by atoms with Crippen molar-refractivity contribution in [2.24, 2.45) is 0 Å². The van der Waals surface area contributed by atoms with Crippen LogP contribution in [0.3, 0.4) is 0 Å². The summed E-state index contributed by atoms with van der Waals surface area (Å²) in [7, 11) is 1.21. The van der Waals surface area contributed by atoms with Gasteiger partial charge in [-0.25, -0.2) is 4.79 Å². The predicted octanol–water partition coefficient (Wildman–Crippen LogP) is 2.75. The first-order chi connectivity index (χ1) is 17.0. The van der Waals surface area contributed by atoms with Crippen LogP contribution in [0, 0.1) is 0 Å². The number of amides is 3. The third-order valence-electron chi connectivity index (χ3n) is 5.67. The maximum Gasteiger partial charge on any atom is 0.408 e. The van der Waals surface area contributed by atoms with Gasteiger partial charge in [0.2, 0.25) is 11.8 Å². The summed E-state index contributed by atoms with van der Waals surface area (Å²) in [5, 5.41) is 15.3. The van der Waals surface area contributed by atoms with Gasteiger partial charge in [0.15, 0.2) is 0 Å². The molecule has 1 aromatic rings. The van der Waals surface area contributed by atoms with E-state index in [-0.39, 0.29) is 18.3 Å². The number of phenolic OH excluding ortho intramolecular Hbond substituents is 1. The van der Waals surface area contributed by atoms with E-state index in [2.05, 4.69) is 15.4 Å². The lowest BCUT2D eigenvalue weighted by molar-refractivity contribution is -0.148. The van der Waals surface area contributed by atoms with E-state index in [0.717, 1.165) is 6.42 Å². The van der Waals surface area contributed by atoms with E-state index in [4.69, 9.17) is 4.74 Å². The van der Waals surface area contributed by atoms with Crippen molar-refractivity contribution in [3.63, 3.8) is 0 Å². The standard InChI is InChI=1S/C25H37N3O7S/c1-25(2,3)35-24(33)27-19(12-13-36-5)23(32)28(17-9-7-10-17)21(16-8-6-11-18(29)14-16)22(31)26-15-20(30)34-4/h6,8,11,14,17,19,21,29H,7,9-10,12-13,15H2,1-5H3,(H,26,31)(H,27,33). The topological polar surface area (TPSA) is 134 Å². The highest BCUT2D eigenvalue weighted by Crippen LogP contribution is 2.34. The fourth-order valence-corrected chi connectivity index (χ4v) is 4.24. The van der Waals surface area contributed by atoms with Crippen molar-refractivity contribution in [2.45, 2.75) is 70.2 Å². The second-order valence-electron chi connectivity index (χ2n) is 9.60. The van der Waals surface area contributed by atoms with Crippen LogP contribution in [-0.2, 0) is 23.9 Å². The van der Waals surface area contributed by atoms with Crippen molar-refractivity contribution >= 4 is 35.6 Å². The quantitative estimate of drug-likeness (QED) is 0.377. The number of alkyl carbamates (subject to hydrolysis) is 1. The van der Waals surface area contributed by atoms with Gasteiger partial charge in [0.1, 0.15) is 30.0 Å². The molecule has 36 heavy (non-hydrogen) atoms. The van der Waals surface area contributed by atoms with Crippen LogP contribution in [-0.4, -0.2) is 77.2 Å². The number of carbonyl (C=O) groups is 4. The van der Waals surface area contributed by atoms with Gasteiger partial charge in [0.05, 0.1) is 7.11 Å². The number of carbonyl (C=O) groups excluding carboxylic acids is 4. The van der Waals surface area contributed by atoms with Crippen molar-refractivity contribution in [1.29, 1.82) is 0 Å². The molecule has 3 N–H and O–H groups in total. The molecule has 0 heterocycles. The molecule has 2 rings (SSSR count). The lowest BCUT2D eigenvalue weighted by Gasteiger charge is -2.43. The lowest BCUT2D eigenvalue weighted by atomic mass is 9.88. The number of benzene rings is 1. The van der Waals surface area contributed by atoms with Crippen molar-refractivity contribution in [3.05, 3.63) is 29.8 Å². The first-order valence-electron chi connectivity index (χ1n) is 11.9. The van der Waals surface area contributed by atoms with Crippen LogP contribution in [0.1, 0.15) is 58.1 Å². The number of aromatic hydroxyl groups is 1. The molecule has 0 bridgehead atoms. The van der Waals surface area contributed by atoms with Gasteiger partial charge in [-0.1, -0.05) is 12.1 Å². The normalized spacial score (nSPS) is 15.1. The Bertz CT molecular complexity index is 930. The molecule has 0 aliphatic heterocycles. The Morgan fingerprint density at radius 3 is 2.44 bits per heavy atom. The highest BCUT2D eigenvalue weighted by molar-refractivity contribution is 7.98. The van der Waals surface area contributed by atoms with Crippen LogP contribution < -0.4 is 10.6 Å². The number of esters is 1. The number of rotatable bonds is 11. The Kier molecular flexibility index (Phi) is 10.9. The molecule has 10 nitrogen and oxygen atoms in total. The Morgan fingerprint density at radius 2 is 1.92 bits per heavy atom. The highest BCUT2D eigenvalue weighted by atomic mass is 32.2. The number of methoxy groups -OCH3 is 1. The van der Waals surface area contributed by atoms with E-state index in [9.17, 15) is 24.3 Å². The fraction of sp³-hybridized carbons (Fsp3) is 0.600. The molecule has 1 aliphatic carbocycles. The van der Waals surface area contributed by atoms with Gasteiger partial charge in [-0.05, 0) is 76.2 Å². The molecule has 1 aliphatic rings. The first-order valence-corrected chi connectivity index (χ1v) is 13.3. The fourth-order valence-electron chi connectivity index (χ4n) is 3.77. The molecule has 3 amide bonds. The minimum atomic E-state index is -1.13. The van der Waals surface area contributed by atoms with Crippen molar-refractivity contribution in [1.82, 2.24) is 15.5 Å². The molecule has 2 atom stereocenters. The third-order valence-corrected chi connectivity index (χ3v) is 6.31. The molecule has 2 unspecified atom stereocenters. The summed E-state index contributed by atoms with van der Waals surface area (Å²) in [6, 6.07) is 3.80. The highest BCUT2D eigenvalue weighted by Gasteiger charge is 2.42. The Morgan fingerprint density at radius 1 is 1.22 bits per heavy atom. The summed E-state index contributed by atoms with van der Waals surface area (Å²) in [4.78, 5) is 53.1. The van der Waals surface area contributed by atoms with Crippen molar-refractivity contribution in [2.75, 3.05) is 25.7 Å². The number of ether oxygens (including phenoxy) is 2. The van der Waals surface area contributed by atoms with Gasteiger partial charge in [0, 0.05) is 6.04 Å². The van der Waals surface area contributed by atoms with Gasteiger partial charge in [-0.2, -0.15) is 11.8 Å². The molecular formula is C25H37N3O7S. The Balaban J connectivity index is 2.45. The van der Waals surface area contributed by atoms with Crippen molar-refractivity contribution < 1.29 is 33.8 Å². The average molecular weight is 524 g/mol. The predicted molar refractivity (Wildman–Crippen MR) is 137 cm³/mol. The SMILES string of the molecule is COC(=O)CNC(=O)C(c1cccc(O)c1)N(C(=O)C(CCSC)NC(=O)OC(C)(C)C)C1CCC1. The monoisotopic (exact) mass is 523 g/mol. The number of nitrogens with zero attached hydrogens (tertiary/aromatic N) is 1. The molecule has 1 aromatic carbocycles. The number of hydrogen-bond acceptors (Lipinski definition) is 8. The summed E-state index contributed by atoms with van der Waals surface area (Å²) in [5.74, 6) is -1.13. The molecule has 0 radical (unpaired) electrons. The smallest absolute Gasteiger partial charge is 0.408 e. The van der Waals surface area contributed by atoms with Gasteiger partial charge in [-0.3, -0.25) is 14.4 Å². The lowest BCUT2D eigenvalue weighted by Crippen LogP contribution is -2.57. The second kappa shape index (κ2) is 13.4. The van der Waals surface area contributed by atoms with Crippen LogP contribution in [0.15, 0.2) is 24.3 Å². The summed E-state index contributed by atoms with van der Waals surface area (Å²) < 4.78 is 9.99. The average Bonchev–Trinajstić information content (AvgIpc) is 2.76. The van der Waals surface area contributed by atoms with Crippen molar-refractivity contribution in [3.8, 4) is 5.75 Å². The minimum absolute atomic E-state index is 0.0647. The largest absolute Gasteiger partial charge is 0.508 e. The zero-order chi connectivity index (χ0) is 26.9. The van der Waals surface area contributed by atoms with E-state index in [1.165, 1.54) is 35.9 Å². The van der Waals surface area contributed by atoms with E-state index >= 15 is 0 Å². The molecular weight excluding hydrogens is 486 g/mol. The number of nitrogens with one attached hydrogen (secondary N) is 2. The van der Waals surface area contributed by atoms with E-state index in [0.29, 0.717) is 30.6 Å². The van der Waals surface area contributed by atoms with E-state index < -0.39 is 41.6 Å². The van der Waals surface area contributed by atoms with Crippen LogP contribution in [0.25, 0.3) is 0 Å². The van der Waals surface area contributed by atoms with Gasteiger partial charge >= 0.3 is 12.1 Å². The number of phenols is 1. The summed E-state index contributed by atoms with van der Waals surface area (Å²) in [6.45, 7) is 4.82. The van der Waals surface area contributed by atoms with Crippen LogP contribution in [0.2, 0.25) is 0 Å². The summed E-state index contributed by atoms with van der Waals surface area (Å²) >= 11 is 1.53. The van der Waals surface area contributed by atoms with Gasteiger partial charge in [0.25, 0.3) is 0 Å². The minimum Gasteiger partial charge on any atom is -0.508 e. The maximum absolute atomic E-state index is 14.0.